The molecule has 0 saturated heterocycles. The summed E-state index contributed by atoms with van der Waals surface area (Å²) in [6.07, 6.45) is 0. The van der Waals surface area contributed by atoms with Gasteiger partial charge in [-0.3, -0.25) is 4.79 Å². The molecular weight excluding hydrogens is 204 g/mol. The highest BCUT2D eigenvalue weighted by Gasteiger charge is 2.19. The largest absolute Gasteiger partial charge is 0.368 e. The quantitative estimate of drug-likeness (QED) is 0.795. The van der Waals surface area contributed by atoms with Crippen LogP contribution in [0.5, 0.6) is 0 Å². The van der Waals surface area contributed by atoms with E-state index < -0.39 is 0 Å². The summed E-state index contributed by atoms with van der Waals surface area (Å²) in [7, 11) is 4.05. The molecule has 0 aliphatic heterocycles. The Kier molecular flexibility index (Phi) is 3.70. The first kappa shape index (κ1) is 12.7. The summed E-state index contributed by atoms with van der Waals surface area (Å²) in [4.78, 5) is 20.2. The number of hydrogen-bond donors (Lipinski definition) is 2. The minimum Gasteiger partial charge on any atom is -0.368 e. The highest BCUT2D eigenvalue weighted by Crippen LogP contribution is 2.10. The lowest BCUT2D eigenvalue weighted by Gasteiger charge is -2.32. The summed E-state index contributed by atoms with van der Waals surface area (Å²) < 4.78 is 0. The predicted octanol–water partition coefficient (Wildman–Crippen LogP) is 0.830. The highest BCUT2D eigenvalue weighted by atomic mass is 16.1. The van der Waals surface area contributed by atoms with Gasteiger partial charge in [0.25, 0.3) is 5.56 Å². The average Bonchev–Trinajstić information content (AvgIpc) is 2.13. The summed E-state index contributed by atoms with van der Waals surface area (Å²) in [6.45, 7) is 6.75. The van der Waals surface area contributed by atoms with Gasteiger partial charge < -0.3 is 15.2 Å². The number of H-pyrrole nitrogens is 1. The third-order valence-corrected chi connectivity index (χ3v) is 2.77. The zero-order valence-corrected chi connectivity index (χ0v) is 10.6. The van der Waals surface area contributed by atoms with E-state index in [0.717, 1.165) is 6.54 Å². The van der Waals surface area contributed by atoms with E-state index in [0.29, 0.717) is 11.6 Å². The van der Waals surface area contributed by atoms with Crippen molar-refractivity contribution in [3.63, 3.8) is 0 Å². The van der Waals surface area contributed by atoms with Gasteiger partial charge in [-0.15, -0.1) is 0 Å². The number of hydrogen-bond acceptors (Lipinski definition) is 4. The van der Waals surface area contributed by atoms with Crippen LogP contribution in [-0.2, 0) is 0 Å². The van der Waals surface area contributed by atoms with Crippen molar-refractivity contribution < 1.29 is 0 Å². The molecule has 1 aromatic rings. The Balaban J connectivity index is 2.72. The lowest BCUT2D eigenvalue weighted by molar-refractivity contribution is 0.210. The first-order valence-corrected chi connectivity index (χ1v) is 5.30. The van der Waals surface area contributed by atoms with Gasteiger partial charge in [-0.05, 0) is 34.9 Å². The molecule has 0 bridgehead atoms. The van der Waals surface area contributed by atoms with Gasteiger partial charge in [0.05, 0.1) is 0 Å². The van der Waals surface area contributed by atoms with E-state index in [-0.39, 0.29) is 11.1 Å². The molecule has 0 aliphatic carbocycles. The number of nitrogens with one attached hydrogen (secondary N) is 2. The van der Waals surface area contributed by atoms with Crippen LogP contribution < -0.4 is 10.9 Å². The Morgan fingerprint density at radius 2 is 2.12 bits per heavy atom. The second-order valence-corrected chi connectivity index (χ2v) is 4.78. The normalized spacial score (nSPS) is 11.9. The predicted molar refractivity (Wildman–Crippen MR) is 65.9 cm³/mol. The van der Waals surface area contributed by atoms with Crippen molar-refractivity contribution in [1.29, 1.82) is 0 Å². The van der Waals surface area contributed by atoms with Crippen molar-refractivity contribution in [1.82, 2.24) is 14.9 Å². The Hall–Kier alpha value is -1.36. The fourth-order valence-corrected chi connectivity index (χ4v) is 1.13. The van der Waals surface area contributed by atoms with Gasteiger partial charge in [-0.25, -0.2) is 4.98 Å². The molecule has 1 rings (SSSR count). The maximum Gasteiger partial charge on any atom is 0.252 e. The highest BCUT2D eigenvalue weighted by molar-refractivity contribution is 5.33. The van der Waals surface area contributed by atoms with Gasteiger partial charge in [0, 0.05) is 18.2 Å². The lowest BCUT2D eigenvalue weighted by Crippen LogP contribution is -2.44. The molecule has 0 saturated carbocycles. The van der Waals surface area contributed by atoms with Crippen LogP contribution in [0.4, 0.5) is 5.82 Å². The number of nitrogens with zero attached hydrogens (tertiary/aromatic N) is 2. The summed E-state index contributed by atoms with van der Waals surface area (Å²) in [6, 6.07) is 1.47. The number of anilines is 1. The molecule has 16 heavy (non-hydrogen) atoms. The van der Waals surface area contributed by atoms with Gasteiger partial charge in [-0.1, -0.05) is 0 Å². The van der Waals surface area contributed by atoms with E-state index in [4.69, 9.17) is 0 Å². The standard InChI is InChI=1S/C11H20N4O/c1-8-13-9(6-10(16)14-8)12-7-11(2,3)15(4)5/h6H,7H2,1-5H3,(H2,12,13,14,16). The average molecular weight is 224 g/mol. The van der Waals surface area contributed by atoms with Crippen molar-refractivity contribution in [2.75, 3.05) is 26.0 Å². The number of rotatable bonds is 4. The molecule has 0 radical (unpaired) electrons. The molecule has 5 heteroatoms. The van der Waals surface area contributed by atoms with Crippen molar-refractivity contribution >= 4 is 5.82 Å². The summed E-state index contributed by atoms with van der Waals surface area (Å²) in [5.74, 6) is 1.24. The monoisotopic (exact) mass is 224 g/mol. The van der Waals surface area contributed by atoms with Crippen LogP contribution >= 0.6 is 0 Å². The van der Waals surface area contributed by atoms with Crippen molar-refractivity contribution in [3.05, 3.63) is 22.2 Å². The fraction of sp³-hybridized carbons (Fsp3) is 0.636. The summed E-state index contributed by atoms with van der Waals surface area (Å²) in [5, 5.41) is 3.18. The smallest absolute Gasteiger partial charge is 0.252 e. The zero-order chi connectivity index (χ0) is 12.3. The fourth-order valence-electron chi connectivity index (χ4n) is 1.13. The van der Waals surface area contributed by atoms with Crippen LogP contribution in [-0.4, -0.2) is 41.0 Å². The zero-order valence-electron chi connectivity index (χ0n) is 10.6. The Morgan fingerprint density at radius 1 is 1.50 bits per heavy atom. The van der Waals surface area contributed by atoms with Gasteiger partial charge in [0.15, 0.2) is 0 Å². The van der Waals surface area contributed by atoms with E-state index in [1.54, 1.807) is 6.92 Å². The Morgan fingerprint density at radius 3 is 2.62 bits per heavy atom. The second-order valence-electron chi connectivity index (χ2n) is 4.78. The molecule has 0 amide bonds. The van der Waals surface area contributed by atoms with Crippen LogP contribution in [0, 0.1) is 6.92 Å². The summed E-state index contributed by atoms with van der Waals surface area (Å²) in [5.41, 5.74) is -0.115. The van der Waals surface area contributed by atoms with Gasteiger partial charge in [0.1, 0.15) is 11.6 Å². The van der Waals surface area contributed by atoms with E-state index in [1.807, 2.05) is 14.1 Å². The second kappa shape index (κ2) is 4.65. The van der Waals surface area contributed by atoms with E-state index in [9.17, 15) is 4.79 Å². The molecule has 2 N–H and O–H groups in total. The van der Waals surface area contributed by atoms with E-state index in [1.165, 1.54) is 6.07 Å². The van der Waals surface area contributed by atoms with Gasteiger partial charge in [0.2, 0.25) is 0 Å². The van der Waals surface area contributed by atoms with E-state index >= 15 is 0 Å². The van der Waals surface area contributed by atoms with Crippen LogP contribution in [0.15, 0.2) is 10.9 Å². The maximum atomic E-state index is 11.2. The molecule has 90 valence electrons. The first-order valence-electron chi connectivity index (χ1n) is 5.30. The van der Waals surface area contributed by atoms with Crippen molar-refractivity contribution in [2.24, 2.45) is 0 Å². The Labute approximate surface area is 95.9 Å². The van der Waals surface area contributed by atoms with Crippen LogP contribution in [0.25, 0.3) is 0 Å². The number of aromatic amines is 1. The molecule has 0 spiro atoms. The summed E-state index contributed by atoms with van der Waals surface area (Å²) >= 11 is 0. The molecule has 0 fully saturated rings. The topological polar surface area (TPSA) is 61.0 Å². The lowest BCUT2D eigenvalue weighted by atomic mass is 10.0. The van der Waals surface area contributed by atoms with Crippen LogP contribution in [0.3, 0.4) is 0 Å². The maximum absolute atomic E-state index is 11.2. The molecule has 0 unspecified atom stereocenters. The number of aryl methyl sites for hydroxylation is 1. The Bertz CT molecular complexity index is 409. The van der Waals surface area contributed by atoms with Gasteiger partial charge >= 0.3 is 0 Å². The molecule has 1 heterocycles. The van der Waals surface area contributed by atoms with Crippen LogP contribution in [0.1, 0.15) is 19.7 Å². The molecule has 1 aromatic heterocycles. The number of aromatic nitrogens is 2. The third-order valence-electron chi connectivity index (χ3n) is 2.77. The molecule has 0 aromatic carbocycles. The van der Waals surface area contributed by atoms with Crippen molar-refractivity contribution in [2.45, 2.75) is 26.3 Å². The minimum atomic E-state index is -0.127. The number of likely N-dealkylation sites (N-methyl/N-ethyl adjacent to an activating group) is 1. The first-order chi connectivity index (χ1) is 7.31. The van der Waals surface area contributed by atoms with Crippen molar-refractivity contribution in [3.8, 4) is 0 Å². The third kappa shape index (κ3) is 3.34. The SMILES string of the molecule is Cc1nc(NCC(C)(C)N(C)C)cc(=O)[nH]1. The molecular formula is C11H20N4O. The molecule has 0 aliphatic rings. The minimum absolute atomic E-state index is 0.0121. The molecule has 5 nitrogen and oxygen atoms in total. The van der Waals surface area contributed by atoms with Gasteiger partial charge in [-0.2, -0.15) is 0 Å². The molecule has 0 atom stereocenters. The van der Waals surface area contributed by atoms with E-state index in [2.05, 4.69) is 34.0 Å². The van der Waals surface area contributed by atoms with Crippen LogP contribution in [0.2, 0.25) is 0 Å².